The molecule has 5 rings (SSSR count). The number of benzene rings is 2. The second-order valence-corrected chi connectivity index (χ2v) is 8.12. The Kier molecular flexibility index (Phi) is 4.92. The van der Waals surface area contributed by atoms with E-state index in [2.05, 4.69) is 20.2 Å². The van der Waals surface area contributed by atoms with Crippen molar-refractivity contribution in [2.45, 2.75) is 12.8 Å². The molecule has 30 heavy (non-hydrogen) atoms. The maximum atomic E-state index is 13.4. The van der Waals surface area contributed by atoms with Crippen LogP contribution < -0.4 is 10.2 Å². The van der Waals surface area contributed by atoms with Gasteiger partial charge in [0.2, 0.25) is 5.91 Å². The molecule has 3 heterocycles. The number of amides is 1. The number of aromatic nitrogens is 2. The Hall–Kier alpha value is -3.26. The Morgan fingerprint density at radius 3 is 2.77 bits per heavy atom. The third-order valence-electron chi connectivity index (χ3n) is 5.27. The molecule has 8 heteroatoms. The quantitative estimate of drug-likeness (QED) is 0.504. The summed E-state index contributed by atoms with van der Waals surface area (Å²) in [6.45, 7) is 1.41. The van der Waals surface area contributed by atoms with E-state index in [1.807, 2.05) is 29.6 Å². The van der Waals surface area contributed by atoms with Crippen molar-refractivity contribution >= 4 is 39.5 Å². The van der Waals surface area contributed by atoms with Gasteiger partial charge in [0, 0.05) is 30.0 Å². The molecule has 0 saturated carbocycles. The van der Waals surface area contributed by atoms with Gasteiger partial charge in [0.15, 0.2) is 10.7 Å². The minimum atomic E-state index is -0.309. The van der Waals surface area contributed by atoms with Crippen molar-refractivity contribution in [1.82, 2.24) is 9.97 Å². The maximum absolute atomic E-state index is 13.4. The lowest BCUT2D eigenvalue weighted by Crippen LogP contribution is -2.38. The zero-order valence-corrected chi connectivity index (χ0v) is 16.9. The molecule has 1 aliphatic heterocycles. The van der Waals surface area contributed by atoms with Gasteiger partial charge in [-0.05, 0) is 37.1 Å². The fourth-order valence-corrected chi connectivity index (χ4v) is 4.37. The highest BCUT2D eigenvalue weighted by Crippen LogP contribution is 2.29. The van der Waals surface area contributed by atoms with Crippen LogP contribution in [0.1, 0.15) is 12.8 Å². The third kappa shape index (κ3) is 3.78. The van der Waals surface area contributed by atoms with Crippen LogP contribution in [-0.2, 0) is 4.79 Å². The van der Waals surface area contributed by atoms with Crippen LogP contribution >= 0.6 is 11.3 Å². The highest BCUT2D eigenvalue weighted by atomic mass is 32.1. The Morgan fingerprint density at radius 2 is 1.97 bits per heavy atom. The summed E-state index contributed by atoms with van der Waals surface area (Å²) in [6.07, 6.45) is 1.43. The van der Waals surface area contributed by atoms with Gasteiger partial charge in [0.1, 0.15) is 11.3 Å². The SMILES string of the molecule is O=C(Nc1nc(-c2cccc(F)c2)cs1)C1CCN(c2nc3ccccc3o2)CC1. The van der Waals surface area contributed by atoms with E-state index in [0.717, 1.165) is 11.1 Å². The number of hydrogen-bond donors (Lipinski definition) is 1. The van der Waals surface area contributed by atoms with Gasteiger partial charge in [0.05, 0.1) is 5.69 Å². The molecule has 1 N–H and O–H groups in total. The van der Waals surface area contributed by atoms with Crippen molar-refractivity contribution in [3.8, 4) is 11.3 Å². The van der Waals surface area contributed by atoms with Crippen LogP contribution in [-0.4, -0.2) is 29.0 Å². The molecular formula is C22H19FN4O2S. The molecule has 0 bridgehead atoms. The lowest BCUT2D eigenvalue weighted by molar-refractivity contribution is -0.120. The largest absolute Gasteiger partial charge is 0.423 e. The van der Waals surface area contributed by atoms with Crippen molar-refractivity contribution in [3.05, 3.63) is 59.7 Å². The molecule has 1 fully saturated rings. The minimum Gasteiger partial charge on any atom is -0.423 e. The second kappa shape index (κ2) is 7.87. The van der Waals surface area contributed by atoms with E-state index in [1.165, 1.54) is 23.5 Å². The van der Waals surface area contributed by atoms with Gasteiger partial charge >= 0.3 is 0 Å². The van der Waals surface area contributed by atoms with E-state index < -0.39 is 0 Å². The van der Waals surface area contributed by atoms with E-state index in [1.54, 1.807) is 12.1 Å². The molecule has 0 unspecified atom stereocenters. The number of oxazole rings is 1. The lowest BCUT2D eigenvalue weighted by atomic mass is 9.96. The fraction of sp³-hybridized carbons (Fsp3) is 0.227. The van der Waals surface area contributed by atoms with Crippen LogP contribution in [0.25, 0.3) is 22.4 Å². The van der Waals surface area contributed by atoms with Gasteiger partial charge < -0.3 is 14.6 Å². The van der Waals surface area contributed by atoms with Crippen molar-refractivity contribution in [2.75, 3.05) is 23.3 Å². The number of nitrogens with one attached hydrogen (secondary N) is 1. The summed E-state index contributed by atoms with van der Waals surface area (Å²) in [7, 11) is 0. The lowest BCUT2D eigenvalue weighted by Gasteiger charge is -2.29. The number of anilines is 2. The molecule has 2 aromatic carbocycles. The molecule has 0 spiro atoms. The summed E-state index contributed by atoms with van der Waals surface area (Å²) < 4.78 is 19.2. The highest BCUT2D eigenvalue weighted by molar-refractivity contribution is 7.14. The number of para-hydroxylation sites is 2. The number of carbonyl (C=O) groups is 1. The van der Waals surface area contributed by atoms with Crippen LogP contribution in [0.3, 0.4) is 0 Å². The monoisotopic (exact) mass is 422 g/mol. The van der Waals surface area contributed by atoms with Crippen LogP contribution in [0.15, 0.2) is 58.3 Å². The predicted molar refractivity (Wildman–Crippen MR) is 115 cm³/mol. The highest BCUT2D eigenvalue weighted by Gasteiger charge is 2.27. The molecule has 0 aliphatic carbocycles. The van der Waals surface area contributed by atoms with Gasteiger partial charge in [0.25, 0.3) is 6.01 Å². The predicted octanol–water partition coefficient (Wildman–Crippen LogP) is 4.95. The maximum Gasteiger partial charge on any atom is 0.298 e. The number of piperidine rings is 1. The molecule has 1 saturated heterocycles. The summed E-state index contributed by atoms with van der Waals surface area (Å²) in [5.74, 6) is -0.434. The average molecular weight is 422 g/mol. The smallest absolute Gasteiger partial charge is 0.298 e. The minimum absolute atomic E-state index is 0.0349. The van der Waals surface area contributed by atoms with Crippen molar-refractivity contribution in [3.63, 3.8) is 0 Å². The molecular weight excluding hydrogens is 403 g/mol. The van der Waals surface area contributed by atoms with Crippen LogP contribution in [0.5, 0.6) is 0 Å². The second-order valence-electron chi connectivity index (χ2n) is 7.26. The average Bonchev–Trinajstić information content (AvgIpc) is 3.41. The zero-order valence-electron chi connectivity index (χ0n) is 16.0. The zero-order chi connectivity index (χ0) is 20.5. The number of nitrogens with zero attached hydrogens (tertiary/aromatic N) is 3. The van der Waals surface area contributed by atoms with Crippen LogP contribution in [0.2, 0.25) is 0 Å². The standard InChI is InChI=1S/C22H19FN4O2S/c23-16-5-3-4-15(12-16)18-13-30-21(24-18)26-20(28)14-8-10-27(11-9-14)22-25-17-6-1-2-7-19(17)29-22/h1-7,12-14H,8-11H2,(H,24,26,28). The Balaban J connectivity index is 1.20. The first-order valence-electron chi connectivity index (χ1n) is 9.78. The first-order valence-corrected chi connectivity index (χ1v) is 10.7. The van der Waals surface area contributed by atoms with Gasteiger partial charge in [-0.15, -0.1) is 11.3 Å². The Morgan fingerprint density at radius 1 is 1.13 bits per heavy atom. The summed E-state index contributed by atoms with van der Waals surface area (Å²) in [5, 5.41) is 5.26. The number of halogens is 1. The Labute approximate surface area is 176 Å². The van der Waals surface area contributed by atoms with Crippen LogP contribution in [0, 0.1) is 11.7 Å². The number of rotatable bonds is 4. The van der Waals surface area contributed by atoms with Crippen molar-refractivity contribution < 1.29 is 13.6 Å². The van der Waals surface area contributed by atoms with E-state index in [4.69, 9.17) is 4.42 Å². The van der Waals surface area contributed by atoms with Gasteiger partial charge in [-0.1, -0.05) is 24.3 Å². The fourth-order valence-electron chi connectivity index (χ4n) is 3.65. The molecule has 152 valence electrons. The Bertz CT molecular complexity index is 1160. The third-order valence-corrected chi connectivity index (χ3v) is 6.03. The molecule has 4 aromatic rings. The topological polar surface area (TPSA) is 71.3 Å². The molecule has 6 nitrogen and oxygen atoms in total. The first kappa shape index (κ1) is 18.7. The normalized spacial score (nSPS) is 14.9. The summed E-state index contributed by atoms with van der Waals surface area (Å²) in [5.41, 5.74) is 2.95. The molecule has 0 radical (unpaired) electrons. The van der Waals surface area contributed by atoms with Gasteiger partial charge in [-0.3, -0.25) is 4.79 Å². The summed E-state index contributed by atoms with van der Waals surface area (Å²) >= 11 is 1.34. The molecule has 2 aromatic heterocycles. The van der Waals surface area contributed by atoms with E-state index >= 15 is 0 Å². The molecule has 1 amide bonds. The summed E-state index contributed by atoms with van der Waals surface area (Å²) in [4.78, 5) is 23.7. The first-order chi connectivity index (χ1) is 14.7. The molecule has 0 atom stereocenters. The number of hydrogen-bond acceptors (Lipinski definition) is 6. The van der Waals surface area contributed by atoms with Crippen molar-refractivity contribution in [2.24, 2.45) is 5.92 Å². The number of carbonyl (C=O) groups excluding carboxylic acids is 1. The van der Waals surface area contributed by atoms with E-state index in [-0.39, 0.29) is 17.6 Å². The van der Waals surface area contributed by atoms with Gasteiger partial charge in [-0.25, -0.2) is 9.37 Å². The van der Waals surface area contributed by atoms with E-state index in [9.17, 15) is 9.18 Å². The van der Waals surface area contributed by atoms with E-state index in [0.29, 0.717) is 48.3 Å². The van der Waals surface area contributed by atoms with Gasteiger partial charge in [-0.2, -0.15) is 4.98 Å². The molecule has 1 aliphatic rings. The number of fused-ring (bicyclic) bond motifs is 1. The summed E-state index contributed by atoms with van der Waals surface area (Å²) in [6, 6.07) is 14.6. The van der Waals surface area contributed by atoms with Crippen LogP contribution in [0.4, 0.5) is 15.5 Å². The van der Waals surface area contributed by atoms with Crippen molar-refractivity contribution in [1.29, 1.82) is 0 Å². The number of thiazole rings is 1.